The average Bonchev–Trinajstić information content (AvgIpc) is 2.35. The largest absolute Gasteiger partial charge is 0.464 e. The molecule has 23 heavy (non-hydrogen) atoms. The summed E-state index contributed by atoms with van der Waals surface area (Å²) in [5, 5.41) is 0. The minimum absolute atomic E-state index is 0.116. The molecule has 0 amide bonds. The van der Waals surface area contributed by atoms with Crippen LogP contribution in [-0.4, -0.2) is 42.7 Å². The molecule has 0 radical (unpaired) electrons. The molecule has 0 saturated heterocycles. The van der Waals surface area contributed by atoms with Gasteiger partial charge in [0.2, 0.25) is 0 Å². The van der Waals surface area contributed by atoms with E-state index in [-0.39, 0.29) is 17.3 Å². The molecule has 0 aliphatic heterocycles. The zero-order chi connectivity index (χ0) is 18.0. The van der Waals surface area contributed by atoms with Crippen LogP contribution in [0.1, 0.15) is 33.6 Å². The number of esters is 3. The van der Waals surface area contributed by atoms with Gasteiger partial charge in [0.1, 0.15) is 43.5 Å². The SMILES string of the molecule is C=C(C)OC(=O)C(COC(=O)CC(C)=O)COC(=O)CC(C)=O. The Morgan fingerprint density at radius 3 is 1.52 bits per heavy atom. The van der Waals surface area contributed by atoms with E-state index in [0.717, 1.165) is 0 Å². The zero-order valence-corrected chi connectivity index (χ0v) is 13.4. The van der Waals surface area contributed by atoms with Crippen molar-refractivity contribution in [2.45, 2.75) is 33.6 Å². The number of carbonyl (C=O) groups excluding carboxylic acids is 5. The highest BCUT2D eigenvalue weighted by molar-refractivity contribution is 5.94. The quantitative estimate of drug-likeness (QED) is 0.249. The van der Waals surface area contributed by atoms with E-state index in [1.807, 2.05) is 0 Å². The van der Waals surface area contributed by atoms with Gasteiger partial charge < -0.3 is 14.2 Å². The van der Waals surface area contributed by atoms with Gasteiger partial charge in [-0.1, -0.05) is 6.58 Å². The molecule has 8 nitrogen and oxygen atoms in total. The molecular formula is C15H20O8. The van der Waals surface area contributed by atoms with Crippen LogP contribution >= 0.6 is 0 Å². The molecule has 0 heterocycles. The second kappa shape index (κ2) is 10.3. The molecule has 0 fully saturated rings. The second-order valence-electron chi connectivity index (χ2n) is 4.94. The molecule has 0 aromatic carbocycles. The first-order valence-corrected chi connectivity index (χ1v) is 6.79. The van der Waals surface area contributed by atoms with Crippen molar-refractivity contribution in [3.63, 3.8) is 0 Å². The van der Waals surface area contributed by atoms with Crippen LogP contribution in [0.15, 0.2) is 12.3 Å². The summed E-state index contributed by atoms with van der Waals surface area (Å²) in [6.07, 6.45) is -0.848. The van der Waals surface area contributed by atoms with Crippen molar-refractivity contribution in [2.24, 2.45) is 5.92 Å². The molecule has 0 aliphatic rings. The molecule has 128 valence electrons. The Balaban J connectivity index is 4.62. The molecule has 0 atom stereocenters. The Kier molecular flexibility index (Phi) is 9.14. The summed E-state index contributed by atoms with van der Waals surface area (Å²) in [7, 11) is 0. The van der Waals surface area contributed by atoms with Crippen molar-refractivity contribution in [2.75, 3.05) is 13.2 Å². The number of carbonyl (C=O) groups is 5. The normalized spacial score (nSPS) is 9.91. The molecule has 0 unspecified atom stereocenters. The number of Topliss-reactive ketones (excluding diaryl/α,β-unsaturated/α-hetero) is 2. The number of ketones is 2. The van der Waals surface area contributed by atoms with Gasteiger partial charge in [0.15, 0.2) is 0 Å². The van der Waals surface area contributed by atoms with E-state index in [2.05, 4.69) is 6.58 Å². The number of hydrogen-bond acceptors (Lipinski definition) is 8. The van der Waals surface area contributed by atoms with Crippen LogP contribution in [0.2, 0.25) is 0 Å². The minimum atomic E-state index is -1.08. The lowest BCUT2D eigenvalue weighted by molar-refractivity contribution is -0.157. The Hall–Kier alpha value is -2.51. The standard InChI is InChI=1S/C15H20O8/c1-9(2)23-15(20)12(7-21-13(18)5-10(3)16)8-22-14(19)6-11(4)17/h12H,1,5-8H2,2-4H3. The third-order valence-corrected chi connectivity index (χ3v) is 2.29. The van der Waals surface area contributed by atoms with E-state index in [1.54, 1.807) is 0 Å². The maximum absolute atomic E-state index is 11.8. The highest BCUT2D eigenvalue weighted by Gasteiger charge is 2.25. The van der Waals surface area contributed by atoms with Gasteiger partial charge in [0, 0.05) is 0 Å². The van der Waals surface area contributed by atoms with Crippen LogP contribution in [0, 0.1) is 5.92 Å². The molecule has 0 spiro atoms. The summed E-state index contributed by atoms with van der Waals surface area (Å²) in [5.74, 6) is -4.15. The van der Waals surface area contributed by atoms with Crippen molar-refractivity contribution in [3.05, 3.63) is 12.3 Å². The smallest absolute Gasteiger partial charge is 0.320 e. The van der Waals surface area contributed by atoms with Crippen LogP contribution in [0.25, 0.3) is 0 Å². The lowest BCUT2D eigenvalue weighted by atomic mass is 10.2. The fourth-order valence-electron chi connectivity index (χ4n) is 1.33. The van der Waals surface area contributed by atoms with Gasteiger partial charge in [-0.2, -0.15) is 0 Å². The third-order valence-electron chi connectivity index (χ3n) is 2.29. The predicted octanol–water partition coefficient (Wildman–Crippen LogP) is 0.724. The summed E-state index contributed by atoms with van der Waals surface area (Å²) in [6.45, 7) is 6.43. The summed E-state index contributed by atoms with van der Waals surface area (Å²) in [4.78, 5) is 56.0. The fourth-order valence-corrected chi connectivity index (χ4v) is 1.33. The minimum Gasteiger partial charge on any atom is -0.464 e. The van der Waals surface area contributed by atoms with Crippen molar-refractivity contribution in [3.8, 4) is 0 Å². The Bertz CT molecular complexity index is 474. The number of ether oxygens (including phenoxy) is 3. The molecule has 0 aromatic rings. The van der Waals surface area contributed by atoms with Gasteiger partial charge in [-0.3, -0.25) is 24.0 Å². The Labute approximate surface area is 133 Å². The second-order valence-corrected chi connectivity index (χ2v) is 4.94. The summed E-state index contributed by atoms with van der Waals surface area (Å²) in [5.41, 5.74) is 0. The monoisotopic (exact) mass is 328 g/mol. The lowest BCUT2D eigenvalue weighted by Crippen LogP contribution is -2.29. The molecule has 8 heteroatoms. The van der Waals surface area contributed by atoms with Crippen LogP contribution in [0.5, 0.6) is 0 Å². The molecule has 0 bridgehead atoms. The highest BCUT2D eigenvalue weighted by Crippen LogP contribution is 2.07. The van der Waals surface area contributed by atoms with Gasteiger partial charge in [0.05, 0.1) is 5.76 Å². The molecule has 0 N–H and O–H groups in total. The lowest BCUT2D eigenvalue weighted by Gasteiger charge is -2.16. The van der Waals surface area contributed by atoms with E-state index < -0.39 is 49.9 Å². The predicted molar refractivity (Wildman–Crippen MR) is 76.9 cm³/mol. The van der Waals surface area contributed by atoms with Gasteiger partial charge >= 0.3 is 17.9 Å². The Morgan fingerprint density at radius 1 is 0.826 bits per heavy atom. The molecular weight excluding hydrogens is 308 g/mol. The van der Waals surface area contributed by atoms with E-state index in [1.165, 1.54) is 20.8 Å². The van der Waals surface area contributed by atoms with E-state index in [0.29, 0.717) is 0 Å². The molecule has 0 rings (SSSR count). The topological polar surface area (TPSA) is 113 Å². The van der Waals surface area contributed by atoms with Crippen LogP contribution in [-0.2, 0) is 38.2 Å². The highest BCUT2D eigenvalue weighted by atomic mass is 16.6. The summed E-state index contributed by atoms with van der Waals surface area (Å²) >= 11 is 0. The average molecular weight is 328 g/mol. The first kappa shape index (κ1) is 20.5. The first-order valence-electron chi connectivity index (χ1n) is 6.79. The maximum atomic E-state index is 11.8. The fraction of sp³-hybridized carbons (Fsp3) is 0.533. The third kappa shape index (κ3) is 10.8. The van der Waals surface area contributed by atoms with Crippen molar-refractivity contribution >= 4 is 29.5 Å². The van der Waals surface area contributed by atoms with Crippen LogP contribution in [0.4, 0.5) is 0 Å². The van der Waals surface area contributed by atoms with Gasteiger partial charge in [0.25, 0.3) is 0 Å². The van der Waals surface area contributed by atoms with E-state index >= 15 is 0 Å². The van der Waals surface area contributed by atoms with Crippen molar-refractivity contribution < 1.29 is 38.2 Å². The van der Waals surface area contributed by atoms with Gasteiger partial charge in [-0.15, -0.1) is 0 Å². The number of hydrogen-bond donors (Lipinski definition) is 0. The number of rotatable bonds is 10. The van der Waals surface area contributed by atoms with Crippen molar-refractivity contribution in [1.82, 2.24) is 0 Å². The van der Waals surface area contributed by atoms with Crippen LogP contribution in [0.3, 0.4) is 0 Å². The van der Waals surface area contributed by atoms with Gasteiger partial charge in [-0.05, 0) is 20.8 Å². The van der Waals surface area contributed by atoms with Crippen LogP contribution < -0.4 is 0 Å². The van der Waals surface area contributed by atoms with Gasteiger partial charge in [-0.25, -0.2) is 0 Å². The number of allylic oxidation sites excluding steroid dienone is 1. The molecule has 0 aliphatic carbocycles. The first-order chi connectivity index (χ1) is 10.6. The zero-order valence-electron chi connectivity index (χ0n) is 13.4. The summed E-state index contributed by atoms with van der Waals surface area (Å²) in [6, 6.07) is 0. The molecule has 0 aromatic heterocycles. The van der Waals surface area contributed by atoms with Crippen molar-refractivity contribution in [1.29, 1.82) is 0 Å². The maximum Gasteiger partial charge on any atom is 0.320 e. The molecule has 0 saturated carbocycles. The van der Waals surface area contributed by atoms with E-state index in [4.69, 9.17) is 14.2 Å². The van der Waals surface area contributed by atoms with E-state index in [9.17, 15) is 24.0 Å². The Morgan fingerprint density at radius 2 is 1.22 bits per heavy atom. The summed E-state index contributed by atoms with van der Waals surface area (Å²) < 4.78 is 14.4.